The smallest absolute Gasteiger partial charge is 0.408 e. The molecular weight excluding hydrogens is 1180 g/mol. The second-order valence-corrected chi connectivity index (χ2v) is 24.9. The van der Waals surface area contributed by atoms with Crippen molar-refractivity contribution >= 4 is 47.6 Å². The van der Waals surface area contributed by atoms with Crippen LogP contribution in [-0.4, -0.2) is 97.0 Å². The lowest BCUT2D eigenvalue weighted by Gasteiger charge is -2.26. The first-order valence-electron chi connectivity index (χ1n) is 33.5. The van der Waals surface area contributed by atoms with Crippen LogP contribution in [-0.2, 0) is 77.1 Å². The van der Waals surface area contributed by atoms with Crippen molar-refractivity contribution in [1.29, 1.82) is 0 Å². The highest BCUT2D eigenvalue weighted by Gasteiger charge is 2.33. The molecule has 0 aliphatic rings. The Balaban J connectivity index is 0.925. The lowest BCUT2D eigenvalue weighted by Crippen LogP contribution is -2.58. The third-order valence-electron chi connectivity index (χ3n) is 15.9. The average Bonchev–Trinajstić information content (AvgIpc) is 0.991. The topological polar surface area (TPSA) is 251 Å². The number of hydrogen-bond donors (Lipinski definition) is 8. The molecule has 94 heavy (non-hydrogen) atoms. The van der Waals surface area contributed by atoms with Crippen LogP contribution in [0.15, 0.2) is 182 Å². The number of hydrogen-bond acceptors (Lipinski definition) is 10. The Bertz CT molecular complexity index is 2980. The van der Waals surface area contributed by atoms with Crippen molar-refractivity contribution in [2.75, 3.05) is 13.1 Å². The molecule has 0 saturated heterocycles. The Hall–Kier alpha value is -9.32. The van der Waals surface area contributed by atoms with E-state index in [0.717, 1.165) is 97.6 Å². The van der Waals surface area contributed by atoms with E-state index in [1.54, 1.807) is 0 Å². The summed E-state index contributed by atoms with van der Waals surface area (Å²) in [5.74, 6) is -2.75. The first kappa shape index (κ1) is 73.7. The molecule has 502 valence electrons. The van der Waals surface area contributed by atoms with Crippen molar-refractivity contribution in [3.8, 4) is 0 Å². The van der Waals surface area contributed by atoms with Gasteiger partial charge in [0.05, 0.1) is 0 Å². The van der Waals surface area contributed by atoms with Crippen molar-refractivity contribution in [2.45, 2.75) is 180 Å². The third-order valence-corrected chi connectivity index (χ3v) is 15.9. The van der Waals surface area contributed by atoms with E-state index in [1.165, 1.54) is 0 Å². The van der Waals surface area contributed by atoms with Gasteiger partial charge in [-0.1, -0.05) is 261 Å². The van der Waals surface area contributed by atoms with Crippen LogP contribution >= 0.6 is 0 Å². The summed E-state index contributed by atoms with van der Waals surface area (Å²) in [6.07, 6.45) is 9.48. The maximum absolute atomic E-state index is 14.3. The minimum atomic E-state index is -1.07. The molecule has 8 amide bonds. The van der Waals surface area contributed by atoms with Crippen LogP contribution in [0.25, 0.3) is 0 Å². The zero-order valence-electron chi connectivity index (χ0n) is 55.2. The summed E-state index contributed by atoms with van der Waals surface area (Å²) in [5, 5.41) is 23.3. The second kappa shape index (κ2) is 42.0. The summed E-state index contributed by atoms with van der Waals surface area (Å²) in [7, 11) is 0. The maximum atomic E-state index is 14.3. The molecule has 0 unspecified atom stereocenters. The minimum absolute atomic E-state index is 0.0202. The van der Waals surface area contributed by atoms with E-state index >= 15 is 0 Å². The number of amides is 8. The van der Waals surface area contributed by atoms with E-state index in [9.17, 15) is 38.4 Å². The number of unbranched alkanes of at least 4 members (excludes halogenated alkanes) is 9. The number of carbonyl (C=O) groups excluding carboxylic acids is 8. The van der Waals surface area contributed by atoms with Gasteiger partial charge >= 0.3 is 12.2 Å². The molecule has 0 radical (unpaired) electrons. The van der Waals surface area contributed by atoms with Crippen LogP contribution < -0.4 is 42.5 Å². The van der Waals surface area contributed by atoms with Crippen molar-refractivity contribution in [2.24, 2.45) is 11.8 Å². The van der Waals surface area contributed by atoms with E-state index in [-0.39, 0.29) is 62.5 Å². The van der Waals surface area contributed by atoms with Gasteiger partial charge in [0, 0.05) is 38.8 Å². The van der Waals surface area contributed by atoms with E-state index in [0.29, 0.717) is 25.9 Å². The molecule has 0 spiro atoms. The predicted octanol–water partition coefficient (Wildman–Crippen LogP) is 10.7. The number of carbonyl (C=O) groups is 8. The zero-order valence-corrected chi connectivity index (χ0v) is 55.2. The van der Waals surface area contributed by atoms with E-state index < -0.39 is 72.1 Å². The molecule has 6 aromatic carbocycles. The molecule has 6 atom stereocenters. The van der Waals surface area contributed by atoms with Gasteiger partial charge < -0.3 is 52.0 Å². The first-order chi connectivity index (χ1) is 45.6. The Labute approximate surface area is 555 Å². The van der Waals surface area contributed by atoms with Crippen molar-refractivity contribution < 1.29 is 47.8 Å². The van der Waals surface area contributed by atoms with Crippen molar-refractivity contribution in [1.82, 2.24) is 42.5 Å². The van der Waals surface area contributed by atoms with Crippen LogP contribution in [0, 0.1) is 11.8 Å². The SMILES string of the molecule is CC(C)C[C@@H](NC(=O)OCc1ccccc1)C(=O)N[C@H](Cc1ccccc1)C(=O)N[C@H](Cc1ccccc1)C(=O)NCCCCCCCCCCCCNC(=O)[C@@H](Cc1ccccc1)NC(=O)[C@@H](Cc1ccccc1)NC(=O)[C@@H](CC(C)C)NC(=O)OCc1ccccc1. The quantitative estimate of drug-likeness (QED) is 0.0169. The van der Waals surface area contributed by atoms with Gasteiger partial charge in [-0.25, -0.2) is 9.59 Å². The summed E-state index contributed by atoms with van der Waals surface area (Å²) in [4.78, 5) is 111. The normalized spacial score (nSPS) is 13.0. The fourth-order valence-corrected chi connectivity index (χ4v) is 10.9. The summed E-state index contributed by atoms with van der Waals surface area (Å²) >= 11 is 0. The van der Waals surface area contributed by atoms with E-state index in [2.05, 4.69) is 42.5 Å². The first-order valence-corrected chi connectivity index (χ1v) is 33.5. The highest BCUT2D eigenvalue weighted by Crippen LogP contribution is 2.16. The third kappa shape index (κ3) is 29.1. The van der Waals surface area contributed by atoms with Gasteiger partial charge in [-0.05, 0) is 70.9 Å². The Morgan fingerprint density at radius 1 is 0.277 bits per heavy atom. The van der Waals surface area contributed by atoms with Crippen molar-refractivity contribution in [3.05, 3.63) is 215 Å². The summed E-state index contributed by atoms with van der Waals surface area (Å²) in [6.45, 7) is 8.67. The molecule has 18 nitrogen and oxygen atoms in total. The number of benzene rings is 6. The molecule has 0 fully saturated rings. The van der Waals surface area contributed by atoms with Crippen LogP contribution in [0.4, 0.5) is 9.59 Å². The molecule has 6 aromatic rings. The molecule has 0 aliphatic heterocycles. The number of nitrogens with one attached hydrogen (secondary N) is 8. The largest absolute Gasteiger partial charge is 0.445 e. The summed E-state index contributed by atoms with van der Waals surface area (Å²) in [5.41, 5.74) is 4.92. The van der Waals surface area contributed by atoms with E-state index in [1.807, 2.05) is 210 Å². The molecule has 6 rings (SSSR count). The lowest BCUT2D eigenvalue weighted by molar-refractivity contribution is -0.132. The minimum Gasteiger partial charge on any atom is -0.445 e. The van der Waals surface area contributed by atoms with Crippen molar-refractivity contribution in [3.63, 3.8) is 0 Å². The Kier molecular flexibility index (Phi) is 33.0. The van der Waals surface area contributed by atoms with Gasteiger partial charge in [-0.15, -0.1) is 0 Å². The van der Waals surface area contributed by atoms with Gasteiger partial charge in [-0.3, -0.25) is 28.8 Å². The lowest BCUT2D eigenvalue weighted by atomic mass is 10.0. The molecule has 8 N–H and O–H groups in total. The van der Waals surface area contributed by atoms with Crippen LogP contribution in [0.5, 0.6) is 0 Å². The molecule has 0 heterocycles. The molecule has 18 heteroatoms. The molecule has 0 saturated carbocycles. The van der Waals surface area contributed by atoms with Gasteiger partial charge in [-0.2, -0.15) is 0 Å². The van der Waals surface area contributed by atoms with Crippen LogP contribution in [0.2, 0.25) is 0 Å². The molecule has 0 aliphatic carbocycles. The van der Waals surface area contributed by atoms with Gasteiger partial charge in [0.15, 0.2) is 0 Å². The predicted molar refractivity (Wildman–Crippen MR) is 367 cm³/mol. The number of ether oxygens (including phenoxy) is 2. The number of rotatable bonds is 41. The Morgan fingerprint density at radius 2 is 0.500 bits per heavy atom. The van der Waals surface area contributed by atoms with Gasteiger partial charge in [0.25, 0.3) is 0 Å². The van der Waals surface area contributed by atoms with Crippen LogP contribution in [0.3, 0.4) is 0 Å². The number of alkyl carbamates (subject to hydrolysis) is 2. The Morgan fingerprint density at radius 3 is 0.755 bits per heavy atom. The standard InChI is InChI=1S/C76H98N8O10/c1-55(2)47-63(83-75(91)93-53-61-41-27-17-28-42-61)71(87)81-67(51-59-37-23-15-24-38-59)73(89)79-65(49-57-33-19-13-20-34-57)69(85)77-45-31-11-9-7-5-6-8-10-12-32-46-78-70(86)66(50-58-35-21-14-22-36-58)80-74(90)68(52-60-39-25-16-26-40-60)82-72(88)64(48-56(3)4)84-76(92)94-54-62-43-29-18-30-44-62/h13-30,33-44,55-56,63-68H,5-12,31-32,45-54H2,1-4H3,(H,77,85)(H,78,86)(H,79,89)(H,80,90)(H,81,87)(H,82,88)(H,83,91)(H,84,92)/t63-,64-,65-,66-,67-,68-/m1/s1. The highest BCUT2D eigenvalue weighted by molar-refractivity contribution is 5.95. The zero-order chi connectivity index (χ0) is 67.1. The molecule has 0 bridgehead atoms. The average molecular weight is 1280 g/mol. The monoisotopic (exact) mass is 1280 g/mol. The van der Waals surface area contributed by atoms with Crippen LogP contribution in [0.1, 0.15) is 138 Å². The summed E-state index contributed by atoms with van der Waals surface area (Å²) in [6, 6.07) is 50.0. The second-order valence-electron chi connectivity index (χ2n) is 24.9. The fraction of sp³-hybridized carbons (Fsp3) is 0.421. The molecule has 0 aromatic heterocycles. The summed E-state index contributed by atoms with van der Waals surface area (Å²) < 4.78 is 10.9. The molecular formula is C76H98N8O10. The fourth-order valence-electron chi connectivity index (χ4n) is 10.9. The highest BCUT2D eigenvalue weighted by atomic mass is 16.6. The van der Waals surface area contributed by atoms with Gasteiger partial charge in [0.1, 0.15) is 49.5 Å². The maximum Gasteiger partial charge on any atom is 0.408 e. The van der Waals surface area contributed by atoms with Gasteiger partial charge in [0.2, 0.25) is 35.4 Å². The van der Waals surface area contributed by atoms with E-state index in [4.69, 9.17) is 9.47 Å².